The molecule has 3 saturated heterocycles. The van der Waals surface area contributed by atoms with Gasteiger partial charge in [0.15, 0.2) is 12.6 Å². The normalized spacial score (nSPS) is 28.4. The van der Waals surface area contributed by atoms with E-state index in [-0.39, 0.29) is 12.3 Å². The van der Waals surface area contributed by atoms with Gasteiger partial charge in [0.2, 0.25) is 11.8 Å². The lowest BCUT2D eigenvalue weighted by atomic mass is 9.88. The summed E-state index contributed by atoms with van der Waals surface area (Å²) >= 11 is 0. The molecule has 18 unspecified atom stereocenters. The lowest BCUT2D eigenvalue weighted by molar-refractivity contribution is -0.386. The number of nitrogens with one attached hydrogen (secondary N) is 2. The Hall–Kier alpha value is -2.53. The Morgan fingerprint density at radius 2 is 1.02 bits per heavy atom. The van der Waals surface area contributed by atoms with Gasteiger partial charge in [-0.15, -0.1) is 0 Å². The number of carboxylic acid groups (broad SMARTS) is 1. The number of aliphatic hydroxyl groups is 11. The van der Waals surface area contributed by atoms with E-state index < -0.39 is 155 Å². The van der Waals surface area contributed by atoms with Crippen LogP contribution in [0.1, 0.15) is 265 Å². The molecule has 3 heterocycles. The van der Waals surface area contributed by atoms with Gasteiger partial charge in [-0.05, 0) is 19.3 Å². The molecule has 2 amide bonds. The van der Waals surface area contributed by atoms with Gasteiger partial charge in [-0.3, -0.25) is 9.59 Å². The number of carbonyl (C=O) groups excluding carboxylic acids is 2. The predicted molar refractivity (Wildman–Crippen MR) is 343 cm³/mol. The number of aliphatic carboxylic acids is 1. The minimum atomic E-state index is -3.08. The van der Waals surface area contributed by atoms with Crippen molar-refractivity contribution in [2.24, 2.45) is 0 Å². The van der Waals surface area contributed by atoms with Crippen molar-refractivity contribution in [3.63, 3.8) is 0 Å². The minimum absolute atomic E-state index is 0.205. The van der Waals surface area contributed by atoms with E-state index in [1.165, 1.54) is 173 Å². The van der Waals surface area contributed by atoms with E-state index in [0.29, 0.717) is 12.8 Å². The van der Waals surface area contributed by atoms with E-state index in [2.05, 4.69) is 24.5 Å². The van der Waals surface area contributed by atoms with E-state index in [0.717, 1.165) is 51.9 Å². The van der Waals surface area contributed by atoms with Gasteiger partial charge in [0, 0.05) is 19.8 Å². The molecule has 18 atom stereocenters. The topological polar surface area (TPSA) is 373 Å². The van der Waals surface area contributed by atoms with Crippen LogP contribution in [0.25, 0.3) is 0 Å². The van der Waals surface area contributed by atoms with Gasteiger partial charge < -0.3 is 100 Å². The standard InChI is InChI=1S/C68H126N2O21/c1-4-6-8-10-12-14-16-18-20-22-23-24-26-28-30-32-34-36-38-40-42-55(78)70-49(50(75)41-39-37-35-33-31-29-27-25-21-19-17-15-13-11-9-7-5-2)47-86-65-60(82)59(81)62(54(46-73)88-65)89-66-61(83)64(58(80)53(45-72)87-66)91-68(67(84)85)43-51(76)56(69-48(3)74)63(90-68)57(79)52(77)44-71/h39,41,49-54,56-66,71-73,75-77,79-83H,4-38,40,42-47H2,1-3H3,(H,69,74)(H,70,78)(H,84,85)/b41-39+. The maximum absolute atomic E-state index is 13.5. The van der Waals surface area contributed by atoms with Gasteiger partial charge in [-0.2, -0.15) is 0 Å². The van der Waals surface area contributed by atoms with Crippen molar-refractivity contribution in [3.05, 3.63) is 12.2 Å². The Bertz CT molecular complexity index is 1890. The van der Waals surface area contributed by atoms with Crippen molar-refractivity contribution in [2.75, 3.05) is 26.4 Å². The molecule has 0 aromatic carbocycles. The third kappa shape index (κ3) is 31.5. The van der Waals surface area contributed by atoms with E-state index >= 15 is 0 Å². The molecule has 3 aliphatic heterocycles. The van der Waals surface area contributed by atoms with Crippen LogP contribution in [0.5, 0.6) is 0 Å². The van der Waals surface area contributed by atoms with Crippen LogP contribution in [-0.2, 0) is 42.8 Å². The monoisotopic (exact) mass is 1310 g/mol. The average Bonchev–Trinajstić information content (AvgIpc) is 0.791. The molecule has 0 saturated carbocycles. The highest BCUT2D eigenvalue weighted by atomic mass is 16.8. The van der Waals surface area contributed by atoms with Gasteiger partial charge in [-0.25, -0.2) is 4.79 Å². The van der Waals surface area contributed by atoms with Gasteiger partial charge in [-0.1, -0.05) is 238 Å². The highest BCUT2D eigenvalue weighted by Crippen LogP contribution is 2.39. The first-order chi connectivity index (χ1) is 43.9. The second kappa shape index (κ2) is 49.1. The van der Waals surface area contributed by atoms with Gasteiger partial charge >= 0.3 is 5.97 Å². The number of unbranched alkanes of at least 4 members (excludes halogenated alkanes) is 34. The molecule has 91 heavy (non-hydrogen) atoms. The van der Waals surface area contributed by atoms with E-state index in [9.17, 15) is 75.7 Å². The zero-order valence-corrected chi connectivity index (χ0v) is 55.7. The molecule has 0 bridgehead atoms. The fraction of sp³-hybridized carbons (Fsp3) is 0.926. The van der Waals surface area contributed by atoms with E-state index in [4.69, 9.17) is 28.4 Å². The zero-order chi connectivity index (χ0) is 66.8. The summed E-state index contributed by atoms with van der Waals surface area (Å²) in [5.74, 6) is -6.13. The van der Waals surface area contributed by atoms with Crippen molar-refractivity contribution < 1.29 is 104 Å². The Morgan fingerprint density at radius 3 is 1.46 bits per heavy atom. The summed E-state index contributed by atoms with van der Waals surface area (Å²) in [7, 11) is 0. The van der Waals surface area contributed by atoms with Crippen molar-refractivity contribution in [1.29, 1.82) is 0 Å². The molecule has 0 aromatic heterocycles. The number of hydrogen-bond donors (Lipinski definition) is 14. The number of allylic oxidation sites excluding steroid dienone is 1. The number of carboxylic acids is 1. The zero-order valence-electron chi connectivity index (χ0n) is 55.7. The van der Waals surface area contributed by atoms with Crippen molar-refractivity contribution in [2.45, 2.75) is 375 Å². The summed E-state index contributed by atoms with van der Waals surface area (Å²) in [5, 5.41) is 136. The number of carbonyl (C=O) groups is 3. The summed E-state index contributed by atoms with van der Waals surface area (Å²) in [5.41, 5.74) is 0. The predicted octanol–water partition coefficient (Wildman–Crippen LogP) is 6.68. The molecule has 23 heteroatoms. The molecular formula is C68H126N2O21. The molecule has 14 N–H and O–H groups in total. The Balaban J connectivity index is 1.59. The second-order valence-corrected chi connectivity index (χ2v) is 26.1. The van der Waals surface area contributed by atoms with Crippen LogP contribution < -0.4 is 10.6 Å². The van der Waals surface area contributed by atoms with Crippen LogP contribution >= 0.6 is 0 Å². The van der Waals surface area contributed by atoms with E-state index in [1.807, 2.05) is 6.08 Å². The maximum atomic E-state index is 13.5. The van der Waals surface area contributed by atoms with Crippen LogP contribution in [-0.4, -0.2) is 215 Å². The van der Waals surface area contributed by atoms with Crippen LogP contribution in [0, 0.1) is 0 Å². The highest BCUT2D eigenvalue weighted by Gasteiger charge is 2.60. The van der Waals surface area contributed by atoms with Crippen molar-refractivity contribution in [3.8, 4) is 0 Å². The summed E-state index contributed by atoms with van der Waals surface area (Å²) in [4.78, 5) is 38.6. The average molecular weight is 1310 g/mol. The maximum Gasteiger partial charge on any atom is 0.364 e. The fourth-order valence-corrected chi connectivity index (χ4v) is 12.5. The molecule has 3 rings (SSSR count). The third-order valence-corrected chi connectivity index (χ3v) is 18.2. The van der Waals surface area contributed by atoms with Crippen LogP contribution in [0.3, 0.4) is 0 Å². The second-order valence-electron chi connectivity index (χ2n) is 26.1. The number of amides is 2. The van der Waals surface area contributed by atoms with Crippen LogP contribution in [0.2, 0.25) is 0 Å². The Kier molecular flexibility index (Phi) is 44.6. The van der Waals surface area contributed by atoms with E-state index in [1.54, 1.807) is 6.08 Å². The lowest BCUT2D eigenvalue weighted by Crippen LogP contribution is -2.70. The van der Waals surface area contributed by atoms with Crippen LogP contribution in [0.4, 0.5) is 0 Å². The lowest BCUT2D eigenvalue weighted by Gasteiger charge is -2.50. The Labute approximate surface area is 543 Å². The molecular weight excluding hydrogens is 1180 g/mol. The first-order valence-corrected chi connectivity index (χ1v) is 35.6. The summed E-state index contributed by atoms with van der Waals surface area (Å²) in [6, 6.07) is -2.61. The fourth-order valence-electron chi connectivity index (χ4n) is 12.5. The molecule has 3 fully saturated rings. The van der Waals surface area contributed by atoms with Crippen molar-refractivity contribution in [1.82, 2.24) is 10.6 Å². The van der Waals surface area contributed by atoms with Gasteiger partial charge in [0.1, 0.15) is 67.1 Å². The number of rotatable bonds is 54. The minimum Gasteiger partial charge on any atom is -0.477 e. The summed E-state index contributed by atoms with van der Waals surface area (Å²) < 4.78 is 34.8. The first kappa shape index (κ1) is 82.7. The molecule has 0 aliphatic carbocycles. The summed E-state index contributed by atoms with van der Waals surface area (Å²) in [6.07, 6.45) is 18.2. The number of hydrogen-bond acceptors (Lipinski definition) is 20. The van der Waals surface area contributed by atoms with Crippen LogP contribution in [0.15, 0.2) is 12.2 Å². The number of aliphatic hydroxyl groups excluding tert-OH is 11. The van der Waals surface area contributed by atoms with Gasteiger partial charge in [0.05, 0.1) is 50.7 Å². The molecule has 0 spiro atoms. The van der Waals surface area contributed by atoms with Crippen molar-refractivity contribution >= 4 is 17.8 Å². The Morgan fingerprint density at radius 1 is 0.571 bits per heavy atom. The molecule has 534 valence electrons. The molecule has 0 aromatic rings. The molecule has 0 radical (unpaired) electrons. The highest BCUT2D eigenvalue weighted by molar-refractivity contribution is 5.77. The third-order valence-electron chi connectivity index (χ3n) is 18.2. The summed E-state index contributed by atoms with van der Waals surface area (Å²) in [6.45, 7) is 2.16. The quantitative estimate of drug-likeness (QED) is 0.0223. The molecule has 23 nitrogen and oxygen atoms in total. The number of ether oxygens (including phenoxy) is 6. The SMILES string of the molecule is CCCCCCCCCCCCCCCCC/C=C/C(O)C(COC1OC(CO)C(OC2OC(CO)C(O)C(OC3(C(=O)O)CC(O)C(NC(C)=O)C(C(O)C(O)CO)O3)C2O)C(O)C1O)NC(=O)CCCCCCCCCCCCCCCCCCCCCC. The smallest absolute Gasteiger partial charge is 0.364 e. The largest absolute Gasteiger partial charge is 0.477 e. The van der Waals surface area contributed by atoms with Gasteiger partial charge in [0.25, 0.3) is 5.79 Å². The first-order valence-electron chi connectivity index (χ1n) is 35.6. The molecule has 3 aliphatic rings.